The monoisotopic (exact) mass is 1280 g/mol. The van der Waals surface area contributed by atoms with E-state index in [1.807, 2.05) is 0 Å². The van der Waals surface area contributed by atoms with E-state index in [1.54, 1.807) is 0 Å². The SMILES string of the molecule is CC1(C)OB(c2cc(-c3ccc4c(c3)c3ccccc3n4-c3ccccc3)cc(-c3ccc4c(c3)c3ccccc3n4-c3ccccc3)c2)OC1(C)C.Clc1cc(-c2ccc3c(c2)c2ccccc2n3-c2ccccc2)cc(-c2ccc3c(c2)c2ccccc2n3-c2ccccc2)c1. The molecule has 0 amide bonds. The molecule has 6 nitrogen and oxygen atoms in total. The minimum atomic E-state index is -0.494. The molecule has 1 aliphatic rings. The molecule has 0 N–H and O–H groups in total. The van der Waals surface area contributed by atoms with Gasteiger partial charge in [0.1, 0.15) is 0 Å². The molecule has 1 aliphatic heterocycles. The van der Waals surface area contributed by atoms with E-state index >= 15 is 0 Å². The Morgan fingerprint density at radius 1 is 0.235 bits per heavy atom. The van der Waals surface area contributed by atoms with Gasteiger partial charge in [-0.2, -0.15) is 0 Å². The molecule has 1 saturated heterocycles. The van der Waals surface area contributed by atoms with Crippen molar-refractivity contribution in [1.82, 2.24) is 18.3 Å². The molecular formula is C90H66BClN4O2. The number of hydrogen-bond donors (Lipinski definition) is 0. The number of hydrogen-bond acceptors (Lipinski definition) is 2. The third-order valence-electron chi connectivity index (χ3n) is 20.5. The minimum absolute atomic E-state index is 0.454. The van der Waals surface area contributed by atoms with Crippen molar-refractivity contribution in [2.75, 3.05) is 0 Å². The van der Waals surface area contributed by atoms with Crippen LogP contribution < -0.4 is 5.46 Å². The topological polar surface area (TPSA) is 38.2 Å². The number of halogens is 1. The summed E-state index contributed by atoms with van der Waals surface area (Å²) in [6, 6.07) is 118. The molecular weight excluding hydrogens is 1220 g/mol. The highest BCUT2D eigenvalue weighted by Crippen LogP contribution is 2.43. The predicted octanol–water partition coefficient (Wildman–Crippen LogP) is 23.4. The van der Waals surface area contributed by atoms with E-state index in [0.717, 1.165) is 77.7 Å². The number of benzene rings is 14. The zero-order valence-electron chi connectivity index (χ0n) is 54.7. The van der Waals surface area contributed by atoms with Gasteiger partial charge in [0.15, 0.2) is 0 Å². The molecule has 0 bridgehead atoms. The highest BCUT2D eigenvalue weighted by atomic mass is 35.5. The fourth-order valence-electron chi connectivity index (χ4n) is 15.1. The summed E-state index contributed by atoms with van der Waals surface area (Å²) in [6.07, 6.45) is 0. The largest absolute Gasteiger partial charge is 0.494 e. The molecule has 0 radical (unpaired) electrons. The van der Waals surface area contributed by atoms with Crippen LogP contribution >= 0.6 is 11.6 Å². The molecule has 0 spiro atoms. The fraction of sp³-hybridized carbons (Fsp3) is 0.0667. The van der Waals surface area contributed by atoms with E-state index in [2.05, 4.69) is 374 Å². The summed E-state index contributed by atoms with van der Waals surface area (Å²) in [5.41, 5.74) is 23.3. The number of fused-ring (bicyclic) bond motifs is 12. The van der Waals surface area contributed by atoms with E-state index in [1.165, 1.54) is 87.2 Å². The molecule has 19 rings (SSSR count). The molecule has 8 heteroatoms. The lowest BCUT2D eigenvalue weighted by Gasteiger charge is -2.32. The van der Waals surface area contributed by atoms with Gasteiger partial charge >= 0.3 is 7.12 Å². The van der Waals surface area contributed by atoms with Gasteiger partial charge in [-0.05, 0) is 223 Å². The first kappa shape index (κ1) is 59.1. The molecule has 0 aliphatic carbocycles. The smallest absolute Gasteiger partial charge is 0.399 e. The normalized spacial score (nSPS) is 13.6. The Balaban J connectivity index is 0.000000144. The van der Waals surface area contributed by atoms with Gasteiger partial charge in [-0.1, -0.05) is 194 Å². The van der Waals surface area contributed by atoms with E-state index in [-0.39, 0.29) is 0 Å². The second-order valence-corrected chi connectivity index (χ2v) is 27.3. The van der Waals surface area contributed by atoms with Crippen molar-refractivity contribution in [3.63, 3.8) is 0 Å². The highest BCUT2D eigenvalue weighted by molar-refractivity contribution is 6.62. The van der Waals surface area contributed by atoms with Crippen molar-refractivity contribution in [1.29, 1.82) is 0 Å². The lowest BCUT2D eigenvalue weighted by molar-refractivity contribution is 0.00578. The summed E-state index contributed by atoms with van der Waals surface area (Å²) in [6.45, 7) is 8.46. The molecule has 98 heavy (non-hydrogen) atoms. The zero-order chi connectivity index (χ0) is 65.8. The quantitative estimate of drug-likeness (QED) is 0.135. The summed E-state index contributed by atoms with van der Waals surface area (Å²) >= 11 is 6.84. The van der Waals surface area contributed by atoms with E-state index in [9.17, 15) is 0 Å². The molecule has 0 saturated carbocycles. The Morgan fingerprint density at radius 3 is 0.745 bits per heavy atom. The molecule has 4 aromatic heterocycles. The van der Waals surface area contributed by atoms with Crippen LogP contribution in [0, 0.1) is 0 Å². The first-order chi connectivity index (χ1) is 48.0. The number of rotatable bonds is 9. The molecule has 0 atom stereocenters. The molecule has 5 heterocycles. The second-order valence-electron chi connectivity index (χ2n) is 26.8. The van der Waals surface area contributed by atoms with Gasteiger partial charge in [0.05, 0.1) is 55.3 Å². The Morgan fingerprint density at radius 2 is 0.469 bits per heavy atom. The Bertz CT molecular complexity index is 5780. The summed E-state index contributed by atoms with van der Waals surface area (Å²) in [4.78, 5) is 0. The second kappa shape index (κ2) is 23.4. The van der Waals surface area contributed by atoms with Crippen LogP contribution in [0.2, 0.25) is 5.02 Å². The lowest BCUT2D eigenvalue weighted by Crippen LogP contribution is -2.41. The van der Waals surface area contributed by atoms with Gasteiger partial charge in [-0.25, -0.2) is 0 Å². The number of aromatic nitrogens is 4. The van der Waals surface area contributed by atoms with Crippen LogP contribution in [-0.2, 0) is 9.31 Å². The third kappa shape index (κ3) is 9.95. The van der Waals surface area contributed by atoms with Crippen LogP contribution in [0.15, 0.2) is 328 Å². The first-order valence-corrected chi connectivity index (χ1v) is 34.0. The van der Waals surface area contributed by atoms with Crippen molar-refractivity contribution in [3.05, 3.63) is 333 Å². The Kier molecular flexibility index (Phi) is 14.1. The lowest BCUT2D eigenvalue weighted by atomic mass is 9.76. The van der Waals surface area contributed by atoms with Crippen LogP contribution in [0.1, 0.15) is 27.7 Å². The predicted molar refractivity (Wildman–Crippen MR) is 413 cm³/mol. The van der Waals surface area contributed by atoms with Crippen molar-refractivity contribution < 1.29 is 9.31 Å². The average Bonchev–Trinajstić information content (AvgIpc) is 1.59. The fourth-order valence-corrected chi connectivity index (χ4v) is 15.3. The molecule has 1 fully saturated rings. The van der Waals surface area contributed by atoms with Gasteiger partial charge in [-0.15, -0.1) is 0 Å². The molecule has 468 valence electrons. The van der Waals surface area contributed by atoms with E-state index in [4.69, 9.17) is 20.9 Å². The number of nitrogens with zero attached hydrogens (tertiary/aromatic N) is 4. The zero-order valence-corrected chi connectivity index (χ0v) is 55.5. The maximum absolute atomic E-state index is 6.84. The van der Waals surface area contributed by atoms with Crippen LogP contribution in [0.25, 0.3) is 154 Å². The molecule has 0 unspecified atom stereocenters. The minimum Gasteiger partial charge on any atom is -0.399 e. The molecule has 18 aromatic rings. The van der Waals surface area contributed by atoms with Gasteiger partial charge in [0.2, 0.25) is 0 Å². The standard InChI is InChI=1S/C48H39BN2O2.C42H27ClN2/c1-47(2)48(3,4)53-49(52-47)36-28-34(32-23-25-45-41(30-32)39-19-11-13-21-43(39)50(45)37-15-7-5-8-16-37)27-35(29-36)33-24-26-46-42(31-33)40-20-12-14-22-44(40)51(46)38-17-9-6-10-18-38;43-32-24-30(28-19-21-41-37(26-28)35-15-7-9-17-39(35)44(41)33-11-3-1-4-12-33)23-31(25-32)29-20-22-42-38(27-29)36-16-8-10-18-40(36)45(42)34-13-5-2-6-14-34/h5-31H,1-4H3;1-27H. The van der Waals surface area contributed by atoms with Gasteiger partial charge in [-0.3, -0.25) is 0 Å². The van der Waals surface area contributed by atoms with E-state index < -0.39 is 18.3 Å². The number of para-hydroxylation sites is 8. The Hall–Kier alpha value is -11.4. The summed E-state index contributed by atoms with van der Waals surface area (Å²) < 4.78 is 22.7. The van der Waals surface area contributed by atoms with Gasteiger partial charge in [0, 0.05) is 70.9 Å². The van der Waals surface area contributed by atoms with Crippen LogP contribution in [0.3, 0.4) is 0 Å². The van der Waals surface area contributed by atoms with Gasteiger partial charge in [0.25, 0.3) is 0 Å². The highest BCUT2D eigenvalue weighted by Gasteiger charge is 2.52. The first-order valence-electron chi connectivity index (χ1n) is 33.7. The average molecular weight is 1280 g/mol. The van der Waals surface area contributed by atoms with Crippen molar-refractivity contribution >= 4 is 111 Å². The maximum Gasteiger partial charge on any atom is 0.494 e. The maximum atomic E-state index is 6.84. The summed E-state index contributed by atoms with van der Waals surface area (Å²) in [7, 11) is -0.494. The summed E-state index contributed by atoms with van der Waals surface area (Å²) in [5.74, 6) is 0. The van der Waals surface area contributed by atoms with Crippen molar-refractivity contribution in [2.45, 2.75) is 38.9 Å². The van der Waals surface area contributed by atoms with Gasteiger partial charge < -0.3 is 27.6 Å². The van der Waals surface area contributed by atoms with E-state index in [0.29, 0.717) is 0 Å². The van der Waals surface area contributed by atoms with Crippen molar-refractivity contribution in [3.8, 4) is 67.3 Å². The van der Waals surface area contributed by atoms with Crippen LogP contribution in [-0.4, -0.2) is 36.6 Å². The molecule has 14 aromatic carbocycles. The Labute approximate surface area is 574 Å². The summed E-state index contributed by atoms with van der Waals surface area (Å²) in [5, 5.41) is 10.6. The van der Waals surface area contributed by atoms with Crippen LogP contribution in [0.4, 0.5) is 0 Å². The van der Waals surface area contributed by atoms with Crippen molar-refractivity contribution in [2.24, 2.45) is 0 Å². The van der Waals surface area contributed by atoms with Crippen LogP contribution in [0.5, 0.6) is 0 Å². The third-order valence-corrected chi connectivity index (χ3v) is 20.7.